The maximum absolute atomic E-state index is 6.25. The first kappa shape index (κ1) is 12.5. The van der Waals surface area contributed by atoms with Crippen LogP contribution in [-0.2, 0) is 6.42 Å². The molecule has 2 aromatic heterocycles. The van der Waals surface area contributed by atoms with Crippen LogP contribution < -0.4 is 11.3 Å². The highest BCUT2D eigenvalue weighted by Gasteiger charge is 2.17. The van der Waals surface area contributed by atoms with Gasteiger partial charge in [0, 0.05) is 17.3 Å². The van der Waals surface area contributed by atoms with Gasteiger partial charge in [-0.3, -0.25) is 16.3 Å². The van der Waals surface area contributed by atoms with Gasteiger partial charge in [0.15, 0.2) is 0 Å². The van der Waals surface area contributed by atoms with E-state index in [0.29, 0.717) is 0 Å². The third-order valence-electron chi connectivity index (χ3n) is 2.63. The molecule has 0 amide bonds. The van der Waals surface area contributed by atoms with Crippen LogP contribution in [-0.4, -0.2) is 4.98 Å². The van der Waals surface area contributed by atoms with Crippen molar-refractivity contribution in [2.75, 3.05) is 0 Å². The molecule has 0 aromatic carbocycles. The zero-order chi connectivity index (χ0) is 12.3. The third-order valence-corrected chi connectivity index (χ3v) is 4.46. The fourth-order valence-corrected chi connectivity index (χ4v) is 3.05. The van der Waals surface area contributed by atoms with Crippen LogP contribution in [0.4, 0.5) is 0 Å². The van der Waals surface area contributed by atoms with Gasteiger partial charge in [-0.2, -0.15) is 0 Å². The first-order valence-electron chi connectivity index (χ1n) is 5.31. The van der Waals surface area contributed by atoms with Gasteiger partial charge < -0.3 is 0 Å². The van der Waals surface area contributed by atoms with E-state index >= 15 is 0 Å². The van der Waals surface area contributed by atoms with Crippen molar-refractivity contribution in [3.05, 3.63) is 50.9 Å². The Morgan fingerprint density at radius 3 is 2.71 bits per heavy atom. The standard InChI is InChI=1S/C12H14ClN3S/c1-8-7-17-12(11(8)13)10(16-14)6-9-2-4-15-5-3-9/h2-5,7,10,16H,6,14H2,1H3. The summed E-state index contributed by atoms with van der Waals surface area (Å²) in [4.78, 5) is 5.08. The number of nitrogens with zero attached hydrogens (tertiary/aromatic N) is 1. The minimum atomic E-state index is 0.0450. The van der Waals surface area contributed by atoms with Crippen molar-refractivity contribution in [1.82, 2.24) is 10.4 Å². The topological polar surface area (TPSA) is 50.9 Å². The first-order valence-corrected chi connectivity index (χ1v) is 6.56. The number of nitrogens with two attached hydrogens (primary N) is 1. The summed E-state index contributed by atoms with van der Waals surface area (Å²) in [5.74, 6) is 5.61. The fourth-order valence-electron chi connectivity index (χ4n) is 1.67. The summed E-state index contributed by atoms with van der Waals surface area (Å²) in [7, 11) is 0. The zero-order valence-electron chi connectivity index (χ0n) is 9.48. The Morgan fingerprint density at radius 2 is 2.18 bits per heavy atom. The molecule has 0 fully saturated rings. The van der Waals surface area contributed by atoms with E-state index in [9.17, 15) is 0 Å². The highest BCUT2D eigenvalue weighted by atomic mass is 35.5. The van der Waals surface area contributed by atoms with E-state index < -0.39 is 0 Å². The molecule has 5 heteroatoms. The Morgan fingerprint density at radius 1 is 1.47 bits per heavy atom. The summed E-state index contributed by atoms with van der Waals surface area (Å²) < 4.78 is 0. The number of aromatic nitrogens is 1. The number of thiophene rings is 1. The van der Waals surface area contributed by atoms with Gasteiger partial charge in [0.05, 0.1) is 11.1 Å². The maximum atomic E-state index is 6.25. The lowest BCUT2D eigenvalue weighted by atomic mass is 10.1. The largest absolute Gasteiger partial charge is 0.271 e. The van der Waals surface area contributed by atoms with Crippen molar-refractivity contribution in [2.45, 2.75) is 19.4 Å². The molecule has 0 saturated carbocycles. The molecular weight excluding hydrogens is 254 g/mol. The van der Waals surface area contributed by atoms with Crippen molar-refractivity contribution >= 4 is 22.9 Å². The lowest BCUT2D eigenvalue weighted by Gasteiger charge is -2.15. The molecule has 3 nitrogen and oxygen atoms in total. The molecule has 0 saturated heterocycles. The second kappa shape index (κ2) is 5.60. The summed E-state index contributed by atoms with van der Waals surface area (Å²) in [5.41, 5.74) is 5.11. The zero-order valence-corrected chi connectivity index (χ0v) is 11.1. The maximum Gasteiger partial charge on any atom is 0.0608 e. The lowest BCUT2D eigenvalue weighted by Crippen LogP contribution is -2.29. The highest BCUT2D eigenvalue weighted by Crippen LogP contribution is 2.33. The van der Waals surface area contributed by atoms with E-state index in [2.05, 4.69) is 15.8 Å². The Bertz CT molecular complexity index is 484. The number of nitrogens with one attached hydrogen (secondary N) is 1. The molecule has 0 aliphatic heterocycles. The van der Waals surface area contributed by atoms with E-state index in [1.807, 2.05) is 19.1 Å². The number of rotatable bonds is 4. The molecule has 0 aliphatic carbocycles. The van der Waals surface area contributed by atoms with E-state index in [-0.39, 0.29) is 6.04 Å². The number of aryl methyl sites for hydroxylation is 1. The van der Waals surface area contributed by atoms with Crippen molar-refractivity contribution in [2.24, 2.45) is 5.84 Å². The summed E-state index contributed by atoms with van der Waals surface area (Å²) in [6.45, 7) is 2.00. The van der Waals surface area contributed by atoms with Gasteiger partial charge in [0.1, 0.15) is 0 Å². The summed E-state index contributed by atoms with van der Waals surface area (Å²) in [6.07, 6.45) is 4.37. The fraction of sp³-hybridized carbons (Fsp3) is 0.250. The van der Waals surface area contributed by atoms with Gasteiger partial charge in [-0.05, 0) is 42.0 Å². The van der Waals surface area contributed by atoms with Gasteiger partial charge in [0.25, 0.3) is 0 Å². The van der Waals surface area contributed by atoms with Crippen molar-refractivity contribution in [1.29, 1.82) is 0 Å². The molecule has 90 valence electrons. The molecule has 0 aliphatic rings. The normalized spacial score (nSPS) is 12.6. The van der Waals surface area contributed by atoms with Crippen LogP contribution >= 0.6 is 22.9 Å². The van der Waals surface area contributed by atoms with Crippen LogP contribution in [0.3, 0.4) is 0 Å². The van der Waals surface area contributed by atoms with Gasteiger partial charge >= 0.3 is 0 Å². The predicted octanol–water partition coefficient (Wildman–Crippen LogP) is 2.85. The number of hydrazine groups is 1. The molecule has 2 aromatic rings. The molecular formula is C12H14ClN3S. The lowest BCUT2D eigenvalue weighted by molar-refractivity contribution is 0.560. The van der Waals surface area contributed by atoms with Crippen LogP contribution in [0.15, 0.2) is 29.9 Å². The Hall–Kier alpha value is -0.940. The second-order valence-electron chi connectivity index (χ2n) is 3.88. The summed E-state index contributed by atoms with van der Waals surface area (Å²) >= 11 is 7.89. The van der Waals surface area contributed by atoms with E-state index in [4.69, 9.17) is 17.4 Å². The Labute approximate surface area is 110 Å². The summed E-state index contributed by atoms with van der Waals surface area (Å²) in [5, 5.41) is 2.86. The van der Waals surface area contributed by atoms with E-state index in [0.717, 1.165) is 21.9 Å². The smallest absolute Gasteiger partial charge is 0.0608 e. The molecule has 0 radical (unpaired) electrons. The van der Waals surface area contributed by atoms with Crippen LogP contribution in [0.2, 0.25) is 5.02 Å². The van der Waals surface area contributed by atoms with Crippen LogP contribution in [0.1, 0.15) is 22.0 Å². The molecule has 0 spiro atoms. The molecule has 1 atom stereocenters. The number of halogens is 1. The van der Waals surface area contributed by atoms with Crippen molar-refractivity contribution in [3.63, 3.8) is 0 Å². The molecule has 2 rings (SSSR count). The number of pyridine rings is 1. The van der Waals surface area contributed by atoms with Gasteiger partial charge in [-0.15, -0.1) is 11.3 Å². The van der Waals surface area contributed by atoms with Gasteiger partial charge in [0.2, 0.25) is 0 Å². The SMILES string of the molecule is Cc1csc(C(Cc2ccncc2)NN)c1Cl. The first-order chi connectivity index (χ1) is 8.22. The molecule has 17 heavy (non-hydrogen) atoms. The van der Waals surface area contributed by atoms with Crippen molar-refractivity contribution < 1.29 is 0 Å². The van der Waals surface area contributed by atoms with Crippen molar-refractivity contribution in [3.8, 4) is 0 Å². The Kier molecular flexibility index (Phi) is 4.12. The molecule has 1 unspecified atom stereocenters. The monoisotopic (exact) mass is 267 g/mol. The molecule has 3 N–H and O–H groups in total. The van der Waals surface area contributed by atoms with Crippen LogP contribution in [0.5, 0.6) is 0 Å². The van der Waals surface area contributed by atoms with Gasteiger partial charge in [-0.25, -0.2) is 0 Å². The highest BCUT2D eigenvalue weighted by molar-refractivity contribution is 7.10. The second-order valence-corrected chi connectivity index (χ2v) is 5.16. The van der Waals surface area contributed by atoms with Gasteiger partial charge in [-0.1, -0.05) is 11.6 Å². The van der Waals surface area contributed by atoms with E-state index in [1.54, 1.807) is 23.7 Å². The quantitative estimate of drug-likeness (QED) is 0.662. The predicted molar refractivity (Wildman–Crippen MR) is 72.1 cm³/mol. The number of hydrogen-bond acceptors (Lipinski definition) is 4. The average molecular weight is 268 g/mol. The Balaban J connectivity index is 2.20. The average Bonchev–Trinajstić information content (AvgIpc) is 2.69. The van der Waals surface area contributed by atoms with Crippen LogP contribution in [0.25, 0.3) is 0 Å². The number of hydrogen-bond donors (Lipinski definition) is 2. The molecule has 2 heterocycles. The van der Waals surface area contributed by atoms with E-state index in [1.165, 1.54) is 5.56 Å². The molecule has 0 bridgehead atoms. The third kappa shape index (κ3) is 2.84. The minimum absolute atomic E-state index is 0.0450. The minimum Gasteiger partial charge on any atom is -0.271 e. The van der Waals surface area contributed by atoms with Crippen LogP contribution in [0, 0.1) is 6.92 Å². The summed E-state index contributed by atoms with van der Waals surface area (Å²) in [6, 6.07) is 4.01.